The lowest BCUT2D eigenvalue weighted by Crippen LogP contribution is -2.10. The number of aliphatic hydroxyl groups excluding tert-OH is 1. The van der Waals surface area contributed by atoms with Gasteiger partial charge in [0.1, 0.15) is 5.75 Å². The van der Waals surface area contributed by atoms with Crippen molar-refractivity contribution in [2.45, 2.75) is 11.3 Å². The molecule has 2 rings (SSSR count). The highest BCUT2D eigenvalue weighted by Gasteiger charge is 2.14. The smallest absolute Gasteiger partial charge is 0.341 e. The number of benzene rings is 1. The fourth-order valence-corrected chi connectivity index (χ4v) is 3.40. The summed E-state index contributed by atoms with van der Waals surface area (Å²) in [4.78, 5) is 14.6. The van der Waals surface area contributed by atoms with Crippen molar-refractivity contribution in [2.24, 2.45) is 0 Å². The Hall–Kier alpha value is -3.40. The molecule has 0 atom stereocenters. The Morgan fingerprint density at radius 1 is 1.18 bits per heavy atom. The van der Waals surface area contributed by atoms with Crippen LogP contribution in [0.5, 0.6) is 5.75 Å². The molecule has 0 bridgehead atoms. The Balaban J connectivity index is 2.36. The molecule has 0 saturated carbocycles. The van der Waals surface area contributed by atoms with Crippen LogP contribution in [0, 0.1) is 23.2 Å². The molecule has 0 aliphatic heterocycles. The normalized spacial score (nSPS) is 10.4. The SMILES string of the molecule is N#Cc1ccc(OCC(=O)O)c(C#Cc2cncc(S(=O)(=O)CCCO)c2)c1. The highest BCUT2D eigenvalue weighted by molar-refractivity contribution is 7.91. The summed E-state index contributed by atoms with van der Waals surface area (Å²) in [7, 11) is -3.59. The van der Waals surface area contributed by atoms with Crippen LogP contribution in [-0.2, 0) is 14.6 Å². The van der Waals surface area contributed by atoms with Gasteiger partial charge in [0, 0.05) is 24.6 Å². The first-order valence-corrected chi connectivity index (χ1v) is 9.70. The van der Waals surface area contributed by atoms with Gasteiger partial charge in [0.05, 0.1) is 27.8 Å². The highest BCUT2D eigenvalue weighted by Crippen LogP contribution is 2.19. The van der Waals surface area contributed by atoms with E-state index in [0.717, 1.165) is 0 Å². The number of aromatic nitrogens is 1. The monoisotopic (exact) mass is 400 g/mol. The number of nitrogens with zero attached hydrogens (tertiary/aromatic N) is 2. The summed E-state index contributed by atoms with van der Waals surface area (Å²) in [5.74, 6) is 4.32. The Morgan fingerprint density at radius 3 is 2.64 bits per heavy atom. The molecule has 0 fully saturated rings. The molecule has 28 heavy (non-hydrogen) atoms. The minimum Gasteiger partial charge on any atom is -0.481 e. The van der Waals surface area contributed by atoms with Gasteiger partial charge in [-0.25, -0.2) is 13.2 Å². The van der Waals surface area contributed by atoms with E-state index in [1.807, 2.05) is 6.07 Å². The number of aliphatic hydroxyl groups is 1. The molecule has 0 aliphatic carbocycles. The van der Waals surface area contributed by atoms with Crippen LogP contribution in [0.15, 0.2) is 41.6 Å². The minimum atomic E-state index is -3.59. The number of carbonyl (C=O) groups is 1. The third-order valence-corrected chi connectivity index (χ3v) is 5.21. The molecule has 9 heteroatoms. The number of nitriles is 1. The summed E-state index contributed by atoms with van der Waals surface area (Å²) in [5.41, 5.74) is 0.913. The Labute approximate surface area is 162 Å². The van der Waals surface area contributed by atoms with Gasteiger partial charge in [-0.3, -0.25) is 4.98 Å². The number of carboxylic acids is 1. The molecule has 0 unspecified atom stereocenters. The zero-order chi connectivity index (χ0) is 20.6. The molecule has 2 N–H and O–H groups in total. The maximum absolute atomic E-state index is 12.2. The van der Waals surface area contributed by atoms with Gasteiger partial charge in [-0.15, -0.1) is 0 Å². The average Bonchev–Trinajstić information content (AvgIpc) is 2.69. The van der Waals surface area contributed by atoms with Crippen LogP contribution in [0.3, 0.4) is 0 Å². The Bertz CT molecular complexity index is 1080. The van der Waals surface area contributed by atoms with Crippen molar-refractivity contribution in [2.75, 3.05) is 19.0 Å². The van der Waals surface area contributed by atoms with Crippen molar-refractivity contribution < 1.29 is 28.2 Å². The predicted molar refractivity (Wildman–Crippen MR) is 98.3 cm³/mol. The molecule has 0 saturated heterocycles. The van der Waals surface area contributed by atoms with Gasteiger partial charge < -0.3 is 14.9 Å². The standard InChI is InChI=1S/C19H16N2O6S/c20-10-14-3-5-18(27-13-19(23)24)16(8-14)4-2-15-9-17(12-21-11-15)28(25,26)7-1-6-22/h3,5,8-9,11-12,22H,1,6-7,13H2,(H,23,24). The van der Waals surface area contributed by atoms with Crippen molar-refractivity contribution in [3.63, 3.8) is 0 Å². The van der Waals surface area contributed by atoms with E-state index in [9.17, 15) is 13.2 Å². The van der Waals surface area contributed by atoms with Crippen LogP contribution in [0.25, 0.3) is 0 Å². The maximum atomic E-state index is 12.2. The molecule has 1 aromatic carbocycles. The number of ether oxygens (including phenoxy) is 1. The first-order valence-electron chi connectivity index (χ1n) is 8.05. The first-order chi connectivity index (χ1) is 13.4. The van der Waals surface area contributed by atoms with E-state index >= 15 is 0 Å². The fraction of sp³-hybridized carbons (Fsp3) is 0.211. The second kappa shape index (κ2) is 9.51. The lowest BCUT2D eigenvalue weighted by Gasteiger charge is -2.06. The summed E-state index contributed by atoms with van der Waals surface area (Å²) in [6.07, 6.45) is 2.70. The summed E-state index contributed by atoms with van der Waals surface area (Å²) < 4.78 is 29.5. The molecule has 0 amide bonds. The number of sulfone groups is 1. The maximum Gasteiger partial charge on any atom is 0.341 e. The Kier molecular flexibility index (Phi) is 7.10. The largest absolute Gasteiger partial charge is 0.481 e. The topological polar surface area (TPSA) is 138 Å². The van der Waals surface area contributed by atoms with Crippen LogP contribution < -0.4 is 4.74 Å². The number of hydrogen-bond acceptors (Lipinski definition) is 7. The van der Waals surface area contributed by atoms with Crippen molar-refractivity contribution in [1.29, 1.82) is 5.26 Å². The number of rotatable bonds is 7. The predicted octanol–water partition coefficient (Wildman–Crippen LogP) is 0.973. The second-order valence-corrected chi connectivity index (χ2v) is 7.67. The van der Waals surface area contributed by atoms with E-state index in [0.29, 0.717) is 11.1 Å². The van der Waals surface area contributed by atoms with E-state index in [2.05, 4.69) is 16.8 Å². The van der Waals surface area contributed by atoms with Gasteiger partial charge >= 0.3 is 5.97 Å². The van der Waals surface area contributed by atoms with Crippen LogP contribution >= 0.6 is 0 Å². The summed E-state index contributed by atoms with van der Waals surface area (Å²) in [5, 5.41) is 26.6. The Morgan fingerprint density at radius 2 is 1.96 bits per heavy atom. The fourth-order valence-electron chi connectivity index (χ4n) is 2.13. The van der Waals surface area contributed by atoms with Crippen LogP contribution in [-0.4, -0.2) is 48.6 Å². The zero-order valence-corrected chi connectivity index (χ0v) is 15.4. The van der Waals surface area contributed by atoms with Gasteiger partial charge in [0.25, 0.3) is 0 Å². The van der Waals surface area contributed by atoms with Crippen LogP contribution in [0.2, 0.25) is 0 Å². The molecule has 0 spiro atoms. The zero-order valence-electron chi connectivity index (χ0n) is 14.6. The van der Waals surface area contributed by atoms with Crippen LogP contribution in [0.4, 0.5) is 0 Å². The van der Waals surface area contributed by atoms with E-state index < -0.39 is 22.4 Å². The second-order valence-electron chi connectivity index (χ2n) is 5.56. The van der Waals surface area contributed by atoms with Crippen molar-refractivity contribution in [3.8, 4) is 23.7 Å². The van der Waals surface area contributed by atoms with E-state index in [4.69, 9.17) is 20.2 Å². The summed E-state index contributed by atoms with van der Waals surface area (Å²) in [6.45, 7) is -0.804. The average molecular weight is 400 g/mol. The molecule has 0 radical (unpaired) electrons. The van der Waals surface area contributed by atoms with Gasteiger partial charge in [-0.05, 0) is 30.7 Å². The quantitative estimate of drug-likeness (QED) is 0.656. The number of hydrogen-bond donors (Lipinski definition) is 2. The van der Waals surface area contributed by atoms with E-state index in [1.54, 1.807) is 0 Å². The molecular weight excluding hydrogens is 384 g/mol. The molecule has 1 heterocycles. The third-order valence-electron chi connectivity index (χ3n) is 3.44. The molecule has 1 aromatic heterocycles. The lowest BCUT2D eigenvalue weighted by atomic mass is 10.1. The minimum absolute atomic E-state index is 0.0131. The third kappa shape index (κ3) is 5.81. The molecule has 2 aromatic rings. The van der Waals surface area contributed by atoms with Gasteiger partial charge in [0.15, 0.2) is 16.4 Å². The van der Waals surface area contributed by atoms with Gasteiger partial charge in [-0.1, -0.05) is 11.8 Å². The molecule has 0 aliphatic rings. The highest BCUT2D eigenvalue weighted by atomic mass is 32.2. The van der Waals surface area contributed by atoms with E-state index in [-0.39, 0.29) is 35.0 Å². The summed E-state index contributed by atoms with van der Waals surface area (Å²) >= 11 is 0. The lowest BCUT2D eigenvalue weighted by molar-refractivity contribution is -0.139. The van der Waals surface area contributed by atoms with Crippen molar-refractivity contribution in [1.82, 2.24) is 4.98 Å². The number of pyridine rings is 1. The first kappa shape index (κ1) is 20.9. The van der Waals surface area contributed by atoms with Crippen molar-refractivity contribution >= 4 is 15.8 Å². The number of aliphatic carboxylic acids is 1. The van der Waals surface area contributed by atoms with E-state index in [1.165, 1.54) is 36.7 Å². The molecular formula is C19H16N2O6S. The summed E-state index contributed by atoms with van der Waals surface area (Å²) in [6, 6.07) is 7.67. The van der Waals surface area contributed by atoms with Crippen LogP contribution in [0.1, 0.15) is 23.1 Å². The van der Waals surface area contributed by atoms with Gasteiger partial charge in [-0.2, -0.15) is 5.26 Å². The molecule has 8 nitrogen and oxygen atoms in total. The molecule has 144 valence electrons. The van der Waals surface area contributed by atoms with Crippen molar-refractivity contribution in [3.05, 3.63) is 53.3 Å². The van der Waals surface area contributed by atoms with Gasteiger partial charge in [0.2, 0.25) is 0 Å². The number of carboxylic acid groups (broad SMARTS) is 1.